The van der Waals surface area contributed by atoms with E-state index in [4.69, 9.17) is 14.2 Å². The smallest absolute Gasteiger partial charge is 0.409 e. The molecule has 2 aromatic rings. The molecule has 1 heterocycles. The Bertz CT molecular complexity index is 828. The van der Waals surface area contributed by atoms with Crippen LogP contribution in [0.25, 0.3) is 11.1 Å². The first-order valence-corrected chi connectivity index (χ1v) is 9.95. The maximum atomic E-state index is 12.8. The van der Waals surface area contributed by atoms with Gasteiger partial charge in [-0.05, 0) is 29.2 Å². The first-order valence-electron chi connectivity index (χ1n) is 9.95. The van der Waals surface area contributed by atoms with Crippen molar-refractivity contribution in [3.05, 3.63) is 59.7 Å². The number of amides is 1. The van der Waals surface area contributed by atoms with Crippen molar-refractivity contribution >= 4 is 6.09 Å². The lowest BCUT2D eigenvalue weighted by atomic mass is 9.98. The SMILES string of the molecule is CO[C@@H]1C[C@H](O)[C@H](N(C)C(=O)OCC2c3ccccc3-c3ccccc32)[C@@H](C)O1. The van der Waals surface area contributed by atoms with Crippen molar-refractivity contribution in [1.82, 2.24) is 4.90 Å². The van der Waals surface area contributed by atoms with Crippen molar-refractivity contribution < 1.29 is 24.1 Å². The number of hydrogen-bond acceptors (Lipinski definition) is 5. The van der Waals surface area contributed by atoms with Crippen LogP contribution in [0.15, 0.2) is 48.5 Å². The second-order valence-corrected chi connectivity index (χ2v) is 7.72. The van der Waals surface area contributed by atoms with Gasteiger partial charge in [0, 0.05) is 26.5 Å². The van der Waals surface area contributed by atoms with E-state index in [1.165, 1.54) is 27.2 Å². The predicted molar refractivity (Wildman–Crippen MR) is 109 cm³/mol. The number of rotatable bonds is 4. The third-order valence-electron chi connectivity index (χ3n) is 6.01. The number of carbonyl (C=O) groups excluding carboxylic acids is 1. The van der Waals surface area contributed by atoms with Gasteiger partial charge in [0.1, 0.15) is 6.61 Å². The molecule has 29 heavy (non-hydrogen) atoms. The molecule has 1 aliphatic heterocycles. The molecular weight excluding hydrogens is 370 g/mol. The number of aliphatic hydroxyl groups is 1. The molecule has 4 atom stereocenters. The van der Waals surface area contributed by atoms with E-state index in [1.54, 1.807) is 14.2 Å². The van der Waals surface area contributed by atoms with Crippen LogP contribution < -0.4 is 0 Å². The lowest BCUT2D eigenvalue weighted by Crippen LogP contribution is -2.57. The van der Waals surface area contributed by atoms with E-state index < -0.39 is 24.5 Å². The fourth-order valence-corrected chi connectivity index (χ4v) is 4.57. The largest absolute Gasteiger partial charge is 0.448 e. The van der Waals surface area contributed by atoms with Crippen LogP contribution >= 0.6 is 0 Å². The molecule has 0 aromatic heterocycles. The van der Waals surface area contributed by atoms with Gasteiger partial charge in [0.15, 0.2) is 6.29 Å². The summed E-state index contributed by atoms with van der Waals surface area (Å²) in [5.74, 6) is 0.00238. The van der Waals surface area contributed by atoms with Crippen molar-refractivity contribution in [3.8, 4) is 11.1 Å². The van der Waals surface area contributed by atoms with Crippen molar-refractivity contribution in [2.75, 3.05) is 20.8 Å². The summed E-state index contributed by atoms with van der Waals surface area (Å²) >= 11 is 0. The van der Waals surface area contributed by atoms with Crippen LogP contribution in [0.5, 0.6) is 0 Å². The van der Waals surface area contributed by atoms with Gasteiger partial charge in [0.2, 0.25) is 0 Å². The van der Waals surface area contributed by atoms with Crippen LogP contribution in [0.2, 0.25) is 0 Å². The van der Waals surface area contributed by atoms with Gasteiger partial charge in [0.25, 0.3) is 0 Å². The first-order chi connectivity index (χ1) is 14.0. The molecule has 1 amide bonds. The molecule has 0 spiro atoms. The van der Waals surface area contributed by atoms with E-state index in [0.29, 0.717) is 6.42 Å². The van der Waals surface area contributed by atoms with Crippen LogP contribution in [-0.2, 0) is 14.2 Å². The topological polar surface area (TPSA) is 68.2 Å². The number of nitrogens with zero attached hydrogens (tertiary/aromatic N) is 1. The zero-order valence-electron chi connectivity index (χ0n) is 16.9. The van der Waals surface area contributed by atoms with Crippen molar-refractivity contribution in [1.29, 1.82) is 0 Å². The van der Waals surface area contributed by atoms with Crippen LogP contribution in [0.1, 0.15) is 30.4 Å². The van der Waals surface area contributed by atoms with E-state index in [-0.39, 0.29) is 18.6 Å². The van der Waals surface area contributed by atoms with Crippen LogP contribution in [-0.4, -0.2) is 61.4 Å². The Balaban J connectivity index is 1.46. The van der Waals surface area contributed by atoms with Crippen molar-refractivity contribution in [3.63, 3.8) is 0 Å². The first kappa shape index (κ1) is 19.9. The molecule has 0 bridgehead atoms. The minimum atomic E-state index is -0.741. The fourth-order valence-electron chi connectivity index (χ4n) is 4.57. The molecular formula is C23H27NO5. The Morgan fingerprint density at radius 3 is 2.28 bits per heavy atom. The number of ether oxygens (including phenoxy) is 3. The maximum Gasteiger partial charge on any atom is 0.409 e. The summed E-state index contributed by atoms with van der Waals surface area (Å²) in [6.07, 6.45) is -1.73. The van der Waals surface area contributed by atoms with Crippen LogP contribution in [0.3, 0.4) is 0 Å². The maximum absolute atomic E-state index is 12.8. The average Bonchev–Trinajstić information content (AvgIpc) is 3.05. The summed E-state index contributed by atoms with van der Waals surface area (Å²) in [6, 6.07) is 16.0. The molecule has 1 aliphatic carbocycles. The lowest BCUT2D eigenvalue weighted by Gasteiger charge is -2.41. The van der Waals surface area contributed by atoms with Gasteiger partial charge in [0.05, 0.1) is 18.2 Å². The standard InChI is InChI=1S/C23H27NO5/c1-14-22(20(25)12-21(27-3)29-14)24(2)23(26)28-13-19-17-10-6-4-8-15(17)16-9-5-7-11-18(16)19/h4-11,14,19-22,25H,12-13H2,1-3H3/t14-,20+,21+,22-/m1/s1. The Labute approximate surface area is 171 Å². The van der Waals surface area contributed by atoms with Gasteiger partial charge >= 0.3 is 6.09 Å². The third-order valence-corrected chi connectivity index (χ3v) is 6.01. The highest BCUT2D eigenvalue weighted by molar-refractivity contribution is 5.79. The molecule has 1 saturated heterocycles. The van der Waals surface area contributed by atoms with Gasteiger partial charge in [-0.3, -0.25) is 0 Å². The third kappa shape index (κ3) is 3.64. The summed E-state index contributed by atoms with van der Waals surface area (Å²) in [5, 5.41) is 10.5. The molecule has 2 aliphatic rings. The highest BCUT2D eigenvalue weighted by Gasteiger charge is 2.40. The number of methoxy groups -OCH3 is 1. The Morgan fingerprint density at radius 1 is 1.14 bits per heavy atom. The number of aliphatic hydroxyl groups excluding tert-OH is 1. The van der Waals surface area contributed by atoms with E-state index in [1.807, 2.05) is 31.2 Å². The lowest BCUT2D eigenvalue weighted by molar-refractivity contribution is -0.220. The van der Waals surface area contributed by atoms with Crippen molar-refractivity contribution in [2.45, 2.75) is 43.8 Å². The van der Waals surface area contributed by atoms with Gasteiger partial charge in [-0.25, -0.2) is 4.79 Å². The van der Waals surface area contributed by atoms with Crippen molar-refractivity contribution in [2.24, 2.45) is 0 Å². The molecule has 4 rings (SSSR count). The number of benzene rings is 2. The molecule has 154 valence electrons. The number of likely N-dealkylation sites (N-methyl/N-ethyl adjacent to an activating group) is 1. The molecule has 1 fully saturated rings. The van der Waals surface area contributed by atoms with Gasteiger partial charge in [-0.15, -0.1) is 0 Å². The molecule has 1 N–H and O–H groups in total. The van der Waals surface area contributed by atoms with Gasteiger partial charge in [-0.1, -0.05) is 48.5 Å². The van der Waals surface area contributed by atoms with E-state index in [9.17, 15) is 9.90 Å². The molecule has 0 saturated carbocycles. The van der Waals surface area contributed by atoms with E-state index in [2.05, 4.69) is 24.3 Å². The van der Waals surface area contributed by atoms with Crippen LogP contribution in [0, 0.1) is 0 Å². The van der Waals surface area contributed by atoms with Crippen LogP contribution in [0.4, 0.5) is 4.79 Å². The molecule has 0 radical (unpaired) electrons. The zero-order chi connectivity index (χ0) is 20.5. The number of hydrogen-bond donors (Lipinski definition) is 1. The fraction of sp³-hybridized carbons (Fsp3) is 0.435. The number of carbonyl (C=O) groups is 1. The summed E-state index contributed by atoms with van der Waals surface area (Å²) in [6.45, 7) is 2.07. The highest BCUT2D eigenvalue weighted by Crippen LogP contribution is 2.44. The molecule has 6 nitrogen and oxygen atoms in total. The minimum absolute atomic E-state index is 0.00238. The Kier molecular flexibility index (Phi) is 5.58. The van der Waals surface area contributed by atoms with E-state index in [0.717, 1.165) is 0 Å². The highest BCUT2D eigenvalue weighted by atomic mass is 16.7. The van der Waals surface area contributed by atoms with E-state index >= 15 is 0 Å². The quantitative estimate of drug-likeness (QED) is 0.857. The summed E-state index contributed by atoms with van der Waals surface area (Å²) in [4.78, 5) is 14.2. The van der Waals surface area contributed by atoms with Gasteiger partial charge < -0.3 is 24.2 Å². The normalized spacial score (nSPS) is 25.9. The second kappa shape index (κ2) is 8.14. The molecule has 0 unspecified atom stereocenters. The summed E-state index contributed by atoms with van der Waals surface area (Å²) in [5.41, 5.74) is 4.71. The summed E-state index contributed by atoms with van der Waals surface area (Å²) < 4.78 is 16.6. The zero-order valence-corrected chi connectivity index (χ0v) is 16.9. The monoisotopic (exact) mass is 397 g/mol. The second-order valence-electron chi connectivity index (χ2n) is 7.72. The number of fused-ring (bicyclic) bond motifs is 3. The molecule has 2 aromatic carbocycles. The average molecular weight is 397 g/mol. The summed E-state index contributed by atoms with van der Waals surface area (Å²) in [7, 11) is 3.18. The Morgan fingerprint density at radius 2 is 1.72 bits per heavy atom. The minimum Gasteiger partial charge on any atom is -0.448 e. The predicted octanol–water partition coefficient (Wildman–Crippen LogP) is 3.38. The van der Waals surface area contributed by atoms with Gasteiger partial charge in [-0.2, -0.15) is 0 Å². The Hall–Kier alpha value is -2.41. The molecule has 6 heteroatoms.